The van der Waals surface area contributed by atoms with Crippen LogP contribution in [0.5, 0.6) is 5.75 Å². The standard InChI is InChI=1S/C11H15BN2O4/c15-12(16)10-7-8-9(18-10)1-2-13-11(8)14-3-5-17-6-4-14/h1-2,10,15-16H,3-7H2. The summed E-state index contributed by atoms with van der Waals surface area (Å²) in [7, 11) is -1.46. The first-order valence-corrected chi connectivity index (χ1v) is 6.09. The smallest absolute Gasteiger partial charge is 0.492 e. The fraction of sp³-hybridized carbons (Fsp3) is 0.545. The number of anilines is 1. The molecule has 2 aliphatic rings. The molecule has 2 aliphatic heterocycles. The lowest BCUT2D eigenvalue weighted by atomic mass is 9.80. The van der Waals surface area contributed by atoms with Gasteiger partial charge in [0.2, 0.25) is 0 Å². The van der Waals surface area contributed by atoms with Crippen molar-refractivity contribution in [2.45, 2.75) is 12.4 Å². The van der Waals surface area contributed by atoms with Crippen LogP contribution in [0, 0.1) is 0 Å². The predicted octanol–water partition coefficient (Wildman–Crippen LogP) is -0.766. The molecule has 0 amide bonds. The van der Waals surface area contributed by atoms with Crippen LogP contribution in [-0.4, -0.2) is 54.5 Å². The van der Waals surface area contributed by atoms with E-state index in [0.717, 1.165) is 24.5 Å². The summed E-state index contributed by atoms with van der Waals surface area (Å²) in [6, 6.07) is 1.17. The number of rotatable bonds is 2. The second-order valence-corrected chi connectivity index (χ2v) is 4.48. The van der Waals surface area contributed by atoms with E-state index in [1.54, 1.807) is 12.3 Å². The summed E-state index contributed by atoms with van der Waals surface area (Å²) in [4.78, 5) is 6.55. The van der Waals surface area contributed by atoms with Gasteiger partial charge in [-0.2, -0.15) is 0 Å². The van der Waals surface area contributed by atoms with Crippen LogP contribution in [0.15, 0.2) is 12.3 Å². The Hall–Kier alpha value is -1.31. The van der Waals surface area contributed by atoms with Gasteiger partial charge in [-0.1, -0.05) is 0 Å². The highest BCUT2D eigenvalue weighted by Gasteiger charge is 2.35. The van der Waals surface area contributed by atoms with Crippen LogP contribution >= 0.6 is 0 Å². The van der Waals surface area contributed by atoms with Crippen molar-refractivity contribution in [3.05, 3.63) is 17.8 Å². The third-order valence-electron chi connectivity index (χ3n) is 3.32. The minimum absolute atomic E-state index is 0.480. The third kappa shape index (κ3) is 2.05. The van der Waals surface area contributed by atoms with Crippen molar-refractivity contribution in [2.75, 3.05) is 31.2 Å². The average Bonchev–Trinajstić information content (AvgIpc) is 2.83. The van der Waals surface area contributed by atoms with Gasteiger partial charge in [0.15, 0.2) is 0 Å². The van der Waals surface area contributed by atoms with Crippen LogP contribution in [0.2, 0.25) is 0 Å². The van der Waals surface area contributed by atoms with E-state index in [9.17, 15) is 10.0 Å². The highest BCUT2D eigenvalue weighted by molar-refractivity contribution is 6.43. The Morgan fingerprint density at radius 1 is 1.33 bits per heavy atom. The number of fused-ring (bicyclic) bond motifs is 1. The van der Waals surface area contributed by atoms with Gasteiger partial charge in [-0.15, -0.1) is 0 Å². The molecule has 0 aromatic carbocycles. The first kappa shape index (κ1) is 11.8. The Kier molecular flexibility index (Phi) is 3.11. The highest BCUT2D eigenvalue weighted by Crippen LogP contribution is 2.35. The van der Waals surface area contributed by atoms with E-state index in [0.29, 0.717) is 25.4 Å². The topological polar surface area (TPSA) is 75.1 Å². The fourth-order valence-corrected chi connectivity index (χ4v) is 2.39. The molecule has 6 nitrogen and oxygen atoms in total. The summed E-state index contributed by atoms with van der Waals surface area (Å²) in [5.41, 5.74) is 0.956. The summed E-state index contributed by atoms with van der Waals surface area (Å²) in [6.07, 6.45) is 2.17. The molecule has 1 aromatic rings. The molecular formula is C11H15BN2O4. The quantitative estimate of drug-likeness (QED) is 0.671. The summed E-state index contributed by atoms with van der Waals surface area (Å²) in [5.74, 6) is 1.57. The Morgan fingerprint density at radius 3 is 2.83 bits per heavy atom. The molecule has 18 heavy (non-hydrogen) atoms. The van der Waals surface area contributed by atoms with Gasteiger partial charge in [0.25, 0.3) is 0 Å². The first-order chi connectivity index (χ1) is 8.75. The molecule has 1 atom stereocenters. The summed E-state index contributed by atoms with van der Waals surface area (Å²) >= 11 is 0. The molecule has 96 valence electrons. The van der Waals surface area contributed by atoms with Crippen molar-refractivity contribution in [3.63, 3.8) is 0 Å². The highest BCUT2D eigenvalue weighted by atomic mass is 16.5. The molecule has 1 fully saturated rings. The number of hydrogen-bond acceptors (Lipinski definition) is 6. The van der Waals surface area contributed by atoms with E-state index in [2.05, 4.69) is 9.88 Å². The first-order valence-electron chi connectivity index (χ1n) is 6.09. The van der Waals surface area contributed by atoms with Crippen molar-refractivity contribution in [1.29, 1.82) is 0 Å². The lowest BCUT2D eigenvalue weighted by Gasteiger charge is -2.28. The van der Waals surface area contributed by atoms with Crippen molar-refractivity contribution >= 4 is 12.9 Å². The van der Waals surface area contributed by atoms with Crippen molar-refractivity contribution in [2.24, 2.45) is 0 Å². The maximum atomic E-state index is 9.20. The molecule has 0 aliphatic carbocycles. The molecule has 3 heterocycles. The number of morpholine rings is 1. The van der Waals surface area contributed by atoms with E-state index in [-0.39, 0.29) is 0 Å². The molecule has 2 N–H and O–H groups in total. The van der Waals surface area contributed by atoms with Gasteiger partial charge in [-0.3, -0.25) is 0 Å². The molecule has 1 unspecified atom stereocenters. The van der Waals surface area contributed by atoms with Crippen LogP contribution < -0.4 is 9.64 Å². The molecule has 0 spiro atoms. The number of nitrogens with zero attached hydrogens (tertiary/aromatic N) is 2. The van der Waals surface area contributed by atoms with Crippen LogP contribution in [0.4, 0.5) is 5.82 Å². The second-order valence-electron chi connectivity index (χ2n) is 4.48. The maximum Gasteiger partial charge on any atom is 0.495 e. The number of aromatic nitrogens is 1. The van der Waals surface area contributed by atoms with Crippen LogP contribution in [0.1, 0.15) is 5.56 Å². The molecular weight excluding hydrogens is 235 g/mol. The molecule has 3 rings (SSSR count). The zero-order chi connectivity index (χ0) is 12.5. The predicted molar refractivity (Wildman–Crippen MR) is 65.6 cm³/mol. The molecule has 1 saturated heterocycles. The minimum atomic E-state index is -1.46. The zero-order valence-corrected chi connectivity index (χ0v) is 9.95. The second kappa shape index (κ2) is 4.76. The Morgan fingerprint density at radius 2 is 2.11 bits per heavy atom. The summed E-state index contributed by atoms with van der Waals surface area (Å²) in [5, 5.41) is 18.4. The van der Waals surface area contributed by atoms with Crippen molar-refractivity contribution in [1.82, 2.24) is 4.98 Å². The van der Waals surface area contributed by atoms with Crippen LogP contribution in [0.25, 0.3) is 0 Å². The monoisotopic (exact) mass is 250 g/mol. The molecule has 0 bridgehead atoms. The Labute approximate surface area is 105 Å². The summed E-state index contributed by atoms with van der Waals surface area (Å²) < 4.78 is 10.8. The van der Waals surface area contributed by atoms with E-state index in [1.165, 1.54) is 0 Å². The number of pyridine rings is 1. The largest absolute Gasteiger partial charge is 0.495 e. The molecule has 1 aromatic heterocycles. The zero-order valence-electron chi connectivity index (χ0n) is 9.95. The summed E-state index contributed by atoms with van der Waals surface area (Å²) in [6.45, 7) is 2.99. The Bertz CT molecular complexity index is 437. The number of ether oxygens (including phenoxy) is 2. The normalized spacial score (nSPS) is 22.6. The van der Waals surface area contributed by atoms with Gasteiger partial charge >= 0.3 is 7.12 Å². The maximum absolute atomic E-state index is 9.20. The molecule has 0 saturated carbocycles. The number of hydrogen-bond donors (Lipinski definition) is 2. The van der Waals surface area contributed by atoms with E-state index in [4.69, 9.17) is 9.47 Å². The Balaban J connectivity index is 1.87. The van der Waals surface area contributed by atoms with Gasteiger partial charge in [-0.05, 0) is 6.07 Å². The average molecular weight is 250 g/mol. The van der Waals surface area contributed by atoms with Crippen LogP contribution in [0.3, 0.4) is 0 Å². The van der Waals surface area contributed by atoms with Gasteiger partial charge < -0.3 is 24.4 Å². The fourth-order valence-electron chi connectivity index (χ4n) is 2.39. The van der Waals surface area contributed by atoms with E-state index >= 15 is 0 Å². The van der Waals surface area contributed by atoms with Crippen molar-refractivity contribution < 1.29 is 19.5 Å². The van der Waals surface area contributed by atoms with Gasteiger partial charge in [0.05, 0.1) is 13.2 Å². The van der Waals surface area contributed by atoms with Crippen molar-refractivity contribution in [3.8, 4) is 5.75 Å². The lowest BCUT2D eigenvalue weighted by Crippen LogP contribution is -2.37. The lowest BCUT2D eigenvalue weighted by molar-refractivity contribution is 0.122. The van der Waals surface area contributed by atoms with E-state index in [1.807, 2.05) is 0 Å². The van der Waals surface area contributed by atoms with E-state index < -0.39 is 13.1 Å². The third-order valence-corrected chi connectivity index (χ3v) is 3.32. The van der Waals surface area contributed by atoms with Crippen LogP contribution in [-0.2, 0) is 11.2 Å². The van der Waals surface area contributed by atoms with Gasteiger partial charge in [0, 0.05) is 31.3 Å². The SMILES string of the molecule is OB(O)C1Cc2c(ccnc2N2CCOCC2)O1. The molecule has 0 radical (unpaired) electrons. The minimum Gasteiger partial charge on any atom is -0.492 e. The van der Waals surface area contributed by atoms with Gasteiger partial charge in [0.1, 0.15) is 17.6 Å². The van der Waals surface area contributed by atoms with Gasteiger partial charge in [-0.25, -0.2) is 4.98 Å². The molecule has 7 heteroatoms.